The fourth-order valence-electron chi connectivity index (χ4n) is 3.58. The maximum Gasteiger partial charge on any atom is 0.323 e. The lowest BCUT2D eigenvalue weighted by atomic mass is 10.2. The summed E-state index contributed by atoms with van der Waals surface area (Å²) in [7, 11) is 3.04. The standard InChI is InChI=1S/C29H28N6O3/c1-19-7-5-9-21(15-19)32-34-23-11-13-25(27(17-23)37-3)30-29(36)31-26-14-12-24(18-28(26)38-4)35-33-22-10-6-8-20(2)16-22/h5-18H,1-4H3,(H2,30,31,36). The normalized spacial score (nSPS) is 11.1. The van der Waals surface area contributed by atoms with Crippen molar-refractivity contribution in [3.63, 3.8) is 0 Å². The van der Waals surface area contributed by atoms with Gasteiger partial charge in [0.25, 0.3) is 0 Å². The van der Waals surface area contributed by atoms with Gasteiger partial charge in [-0.2, -0.15) is 20.5 Å². The Balaban J connectivity index is 1.43. The van der Waals surface area contributed by atoms with Crippen molar-refractivity contribution >= 4 is 40.2 Å². The first kappa shape index (κ1) is 26.0. The quantitative estimate of drug-likeness (QED) is 0.232. The molecule has 4 rings (SSSR count). The van der Waals surface area contributed by atoms with Gasteiger partial charge in [0.05, 0.1) is 48.3 Å². The molecule has 4 aromatic rings. The van der Waals surface area contributed by atoms with Gasteiger partial charge in [-0.15, -0.1) is 0 Å². The van der Waals surface area contributed by atoms with Crippen molar-refractivity contribution in [3.8, 4) is 11.5 Å². The van der Waals surface area contributed by atoms with Gasteiger partial charge < -0.3 is 20.1 Å². The van der Waals surface area contributed by atoms with Crippen LogP contribution in [0.15, 0.2) is 105 Å². The van der Waals surface area contributed by atoms with Crippen LogP contribution in [0, 0.1) is 13.8 Å². The average Bonchev–Trinajstić information content (AvgIpc) is 2.92. The summed E-state index contributed by atoms with van der Waals surface area (Å²) in [6.45, 7) is 3.99. The molecule has 0 unspecified atom stereocenters. The Kier molecular flexibility index (Phi) is 8.40. The van der Waals surface area contributed by atoms with Crippen LogP contribution >= 0.6 is 0 Å². The smallest absolute Gasteiger partial charge is 0.323 e. The molecule has 0 saturated carbocycles. The van der Waals surface area contributed by atoms with E-state index >= 15 is 0 Å². The highest BCUT2D eigenvalue weighted by Gasteiger charge is 2.12. The number of aryl methyl sites for hydroxylation is 2. The first-order valence-electron chi connectivity index (χ1n) is 11.8. The number of azo groups is 2. The minimum atomic E-state index is -0.468. The topological polar surface area (TPSA) is 109 Å². The third-order valence-electron chi connectivity index (χ3n) is 5.43. The molecule has 2 amide bonds. The second kappa shape index (κ2) is 12.3. The number of hydrogen-bond donors (Lipinski definition) is 2. The number of carbonyl (C=O) groups excluding carboxylic acids is 1. The fraction of sp³-hybridized carbons (Fsp3) is 0.138. The number of hydrogen-bond acceptors (Lipinski definition) is 7. The van der Waals surface area contributed by atoms with Gasteiger partial charge in [0.15, 0.2) is 0 Å². The van der Waals surface area contributed by atoms with Crippen molar-refractivity contribution in [1.82, 2.24) is 0 Å². The second-order valence-corrected chi connectivity index (χ2v) is 8.43. The van der Waals surface area contributed by atoms with Crippen molar-refractivity contribution in [2.75, 3.05) is 24.9 Å². The first-order valence-corrected chi connectivity index (χ1v) is 11.8. The van der Waals surface area contributed by atoms with E-state index in [1.165, 1.54) is 14.2 Å². The van der Waals surface area contributed by atoms with E-state index in [4.69, 9.17) is 9.47 Å². The molecule has 0 bridgehead atoms. The number of carbonyl (C=O) groups is 1. The molecule has 0 radical (unpaired) electrons. The largest absolute Gasteiger partial charge is 0.494 e. The van der Waals surface area contributed by atoms with Gasteiger partial charge in [0, 0.05) is 12.1 Å². The lowest BCUT2D eigenvalue weighted by Crippen LogP contribution is -2.20. The van der Waals surface area contributed by atoms with Crippen LogP contribution in [0.3, 0.4) is 0 Å². The molecule has 0 fully saturated rings. The summed E-state index contributed by atoms with van der Waals surface area (Å²) in [5.41, 5.74) is 5.83. The van der Waals surface area contributed by atoms with Crippen molar-refractivity contribution in [2.24, 2.45) is 20.5 Å². The summed E-state index contributed by atoms with van der Waals surface area (Å²) in [6.07, 6.45) is 0. The van der Waals surface area contributed by atoms with Gasteiger partial charge in [-0.05, 0) is 73.5 Å². The third-order valence-corrected chi connectivity index (χ3v) is 5.43. The van der Waals surface area contributed by atoms with E-state index in [1.807, 2.05) is 62.4 Å². The second-order valence-electron chi connectivity index (χ2n) is 8.43. The molecule has 0 aromatic heterocycles. The van der Waals surface area contributed by atoms with Crippen LogP contribution in [0.25, 0.3) is 0 Å². The number of amides is 2. The van der Waals surface area contributed by atoms with Crippen LogP contribution in [-0.2, 0) is 0 Å². The lowest BCUT2D eigenvalue weighted by molar-refractivity contribution is 0.262. The number of nitrogens with zero attached hydrogens (tertiary/aromatic N) is 4. The van der Waals surface area contributed by atoms with E-state index in [0.29, 0.717) is 34.2 Å². The van der Waals surface area contributed by atoms with Crippen LogP contribution in [0.5, 0.6) is 11.5 Å². The highest BCUT2D eigenvalue weighted by molar-refractivity contribution is 6.01. The molecule has 4 aromatic carbocycles. The fourth-order valence-corrected chi connectivity index (χ4v) is 3.58. The Hall–Kier alpha value is -5.05. The number of methoxy groups -OCH3 is 2. The molecule has 9 heteroatoms. The molecule has 0 aliphatic heterocycles. The molecule has 9 nitrogen and oxygen atoms in total. The van der Waals surface area contributed by atoms with Crippen LogP contribution in [0.4, 0.5) is 38.9 Å². The van der Waals surface area contributed by atoms with E-state index in [9.17, 15) is 4.79 Å². The summed E-state index contributed by atoms with van der Waals surface area (Å²) < 4.78 is 10.9. The summed E-state index contributed by atoms with van der Waals surface area (Å²) >= 11 is 0. The Morgan fingerprint density at radius 2 is 0.974 bits per heavy atom. The van der Waals surface area contributed by atoms with E-state index in [-0.39, 0.29) is 0 Å². The molecule has 0 aliphatic carbocycles. The SMILES string of the molecule is COc1cc(N=Nc2cccc(C)c2)ccc1NC(=O)Nc1ccc(N=Nc2cccc(C)c2)cc1OC. The maximum absolute atomic E-state index is 12.8. The van der Waals surface area contributed by atoms with Crippen LogP contribution < -0.4 is 20.1 Å². The monoisotopic (exact) mass is 508 g/mol. The number of benzene rings is 4. The van der Waals surface area contributed by atoms with Crippen LogP contribution in [0.2, 0.25) is 0 Å². The zero-order valence-corrected chi connectivity index (χ0v) is 21.6. The van der Waals surface area contributed by atoms with Gasteiger partial charge in [0.1, 0.15) is 11.5 Å². The lowest BCUT2D eigenvalue weighted by Gasteiger charge is -2.13. The summed E-state index contributed by atoms with van der Waals surface area (Å²) in [5, 5.41) is 22.6. The molecule has 0 saturated heterocycles. The van der Waals surface area contributed by atoms with Gasteiger partial charge in [-0.25, -0.2) is 4.79 Å². The van der Waals surface area contributed by atoms with E-state index < -0.39 is 6.03 Å². The van der Waals surface area contributed by atoms with Crippen molar-refractivity contribution in [1.29, 1.82) is 0 Å². The van der Waals surface area contributed by atoms with Gasteiger partial charge >= 0.3 is 6.03 Å². The van der Waals surface area contributed by atoms with E-state index in [2.05, 4.69) is 31.1 Å². The minimum absolute atomic E-state index is 0.444. The zero-order chi connectivity index (χ0) is 26.9. The molecule has 192 valence electrons. The molecule has 0 aliphatic rings. The molecule has 38 heavy (non-hydrogen) atoms. The van der Waals surface area contributed by atoms with E-state index in [1.54, 1.807) is 36.4 Å². The number of nitrogens with one attached hydrogen (secondary N) is 2. The van der Waals surface area contributed by atoms with Gasteiger partial charge in [-0.1, -0.05) is 24.3 Å². The summed E-state index contributed by atoms with van der Waals surface area (Å²) in [6, 6.07) is 25.3. The Labute approximate surface area is 221 Å². The van der Waals surface area contributed by atoms with Crippen molar-refractivity contribution in [2.45, 2.75) is 13.8 Å². The third kappa shape index (κ3) is 7.01. The molecular formula is C29H28N6O3. The average molecular weight is 509 g/mol. The molecule has 2 N–H and O–H groups in total. The molecule has 0 spiro atoms. The molecular weight excluding hydrogens is 480 g/mol. The number of rotatable bonds is 8. The summed E-state index contributed by atoms with van der Waals surface area (Å²) in [5.74, 6) is 0.888. The molecule has 0 atom stereocenters. The van der Waals surface area contributed by atoms with Gasteiger partial charge in [0.2, 0.25) is 0 Å². The minimum Gasteiger partial charge on any atom is -0.494 e. The van der Waals surface area contributed by atoms with Gasteiger partial charge in [-0.3, -0.25) is 0 Å². The predicted molar refractivity (Wildman–Crippen MR) is 149 cm³/mol. The van der Waals surface area contributed by atoms with Crippen LogP contribution in [0.1, 0.15) is 11.1 Å². The van der Waals surface area contributed by atoms with Crippen molar-refractivity contribution < 1.29 is 14.3 Å². The molecule has 0 heterocycles. The highest BCUT2D eigenvalue weighted by Crippen LogP contribution is 2.33. The predicted octanol–water partition coefficient (Wildman–Crippen LogP) is 8.80. The Bertz CT molecular complexity index is 1390. The zero-order valence-electron chi connectivity index (χ0n) is 21.6. The highest BCUT2D eigenvalue weighted by atomic mass is 16.5. The van der Waals surface area contributed by atoms with E-state index in [0.717, 1.165) is 22.5 Å². The maximum atomic E-state index is 12.8. The Morgan fingerprint density at radius 3 is 1.34 bits per heavy atom. The summed E-state index contributed by atoms with van der Waals surface area (Å²) in [4.78, 5) is 12.8. The number of urea groups is 1. The first-order chi connectivity index (χ1) is 18.4. The van der Waals surface area contributed by atoms with Crippen molar-refractivity contribution in [3.05, 3.63) is 96.1 Å². The Morgan fingerprint density at radius 1 is 0.579 bits per heavy atom. The number of anilines is 2. The number of ether oxygens (including phenoxy) is 2. The van der Waals surface area contributed by atoms with Crippen LogP contribution in [-0.4, -0.2) is 20.3 Å².